The van der Waals surface area contributed by atoms with Crippen molar-refractivity contribution in [2.45, 2.75) is 52.6 Å². The van der Waals surface area contributed by atoms with Crippen LogP contribution in [0.2, 0.25) is 0 Å². The Labute approximate surface area is 102 Å². The maximum atomic E-state index is 11.7. The zero-order valence-electron chi connectivity index (χ0n) is 10.7. The van der Waals surface area contributed by atoms with Crippen LogP contribution in [-0.4, -0.2) is 17.1 Å². The van der Waals surface area contributed by atoms with Crippen LogP contribution in [0.15, 0.2) is 4.52 Å². The van der Waals surface area contributed by atoms with E-state index in [4.69, 9.17) is 10.3 Å². The number of hydrogen-bond donors (Lipinski definition) is 2. The third-order valence-electron chi connectivity index (χ3n) is 2.83. The van der Waals surface area contributed by atoms with Gasteiger partial charge in [-0.1, -0.05) is 24.9 Å². The summed E-state index contributed by atoms with van der Waals surface area (Å²) < 4.78 is 5.02. The zero-order valence-corrected chi connectivity index (χ0v) is 10.7. The largest absolute Gasteiger partial charge is 0.361 e. The fourth-order valence-electron chi connectivity index (χ4n) is 1.62. The van der Waals surface area contributed by atoms with Crippen molar-refractivity contribution in [3.8, 4) is 0 Å². The van der Waals surface area contributed by atoms with E-state index >= 15 is 0 Å². The van der Waals surface area contributed by atoms with Gasteiger partial charge in [0, 0.05) is 12.1 Å². The van der Waals surface area contributed by atoms with Gasteiger partial charge in [0.25, 0.3) is 0 Å². The average Bonchev–Trinajstić information content (AvgIpc) is 2.63. The normalized spacial score (nSPS) is 12.5. The Morgan fingerprint density at radius 1 is 1.53 bits per heavy atom. The fourth-order valence-corrected chi connectivity index (χ4v) is 1.62. The number of aryl methyl sites for hydroxylation is 2. The van der Waals surface area contributed by atoms with Gasteiger partial charge in [-0.05, 0) is 20.3 Å². The molecule has 0 fully saturated rings. The summed E-state index contributed by atoms with van der Waals surface area (Å²) in [6.07, 6.45) is 2.74. The van der Waals surface area contributed by atoms with Crippen LogP contribution < -0.4 is 11.1 Å². The highest BCUT2D eigenvalue weighted by atomic mass is 16.5. The van der Waals surface area contributed by atoms with Crippen molar-refractivity contribution >= 4 is 5.91 Å². The van der Waals surface area contributed by atoms with Gasteiger partial charge in [-0.2, -0.15) is 0 Å². The first-order valence-corrected chi connectivity index (χ1v) is 6.01. The molecule has 1 amide bonds. The second kappa shape index (κ2) is 6.39. The van der Waals surface area contributed by atoms with Crippen LogP contribution in [0.1, 0.15) is 43.2 Å². The van der Waals surface area contributed by atoms with Crippen LogP contribution in [0.5, 0.6) is 0 Å². The Balaban J connectivity index is 2.43. The number of unbranched alkanes of at least 4 members (excludes halogenated alkanes) is 1. The van der Waals surface area contributed by atoms with Crippen LogP contribution in [-0.2, 0) is 11.3 Å². The Hall–Kier alpha value is -1.36. The second-order valence-corrected chi connectivity index (χ2v) is 4.27. The lowest BCUT2D eigenvalue weighted by Gasteiger charge is -2.11. The third kappa shape index (κ3) is 3.85. The van der Waals surface area contributed by atoms with Gasteiger partial charge in [0.05, 0.1) is 11.7 Å². The minimum atomic E-state index is -0.421. The van der Waals surface area contributed by atoms with Crippen molar-refractivity contribution in [2.24, 2.45) is 5.73 Å². The number of nitrogens with two attached hydrogens (primary N) is 1. The van der Waals surface area contributed by atoms with Gasteiger partial charge in [-0.25, -0.2) is 0 Å². The van der Waals surface area contributed by atoms with Gasteiger partial charge in [0.2, 0.25) is 5.91 Å². The Morgan fingerprint density at radius 2 is 2.24 bits per heavy atom. The van der Waals surface area contributed by atoms with Gasteiger partial charge in [-0.15, -0.1) is 0 Å². The summed E-state index contributed by atoms with van der Waals surface area (Å²) in [4.78, 5) is 11.7. The molecule has 3 N–H and O–H groups in total. The molecule has 1 aromatic heterocycles. The van der Waals surface area contributed by atoms with Crippen LogP contribution in [0, 0.1) is 13.8 Å². The molecule has 0 bridgehead atoms. The van der Waals surface area contributed by atoms with E-state index in [-0.39, 0.29) is 5.91 Å². The quantitative estimate of drug-likeness (QED) is 0.786. The molecule has 0 saturated carbocycles. The molecule has 0 saturated heterocycles. The number of nitrogens with zero attached hydrogens (tertiary/aromatic N) is 1. The zero-order chi connectivity index (χ0) is 12.8. The van der Waals surface area contributed by atoms with Gasteiger partial charge in [-0.3, -0.25) is 4.79 Å². The van der Waals surface area contributed by atoms with Crippen LogP contribution >= 0.6 is 0 Å². The van der Waals surface area contributed by atoms with Crippen LogP contribution in [0.4, 0.5) is 0 Å². The van der Waals surface area contributed by atoms with Gasteiger partial charge >= 0.3 is 0 Å². The number of aromatic nitrogens is 1. The molecule has 96 valence electrons. The Kier molecular flexibility index (Phi) is 5.15. The maximum absolute atomic E-state index is 11.7. The first kappa shape index (κ1) is 13.7. The molecule has 0 aromatic carbocycles. The van der Waals surface area contributed by atoms with E-state index in [1.54, 1.807) is 0 Å². The SMILES string of the molecule is CCCCC(N)C(=O)NCc1c(C)noc1C. The lowest BCUT2D eigenvalue weighted by Crippen LogP contribution is -2.40. The molecule has 1 heterocycles. The van der Waals surface area contributed by atoms with Crippen molar-refractivity contribution in [1.29, 1.82) is 0 Å². The first-order chi connectivity index (χ1) is 8.06. The average molecular weight is 239 g/mol. The fraction of sp³-hybridized carbons (Fsp3) is 0.667. The lowest BCUT2D eigenvalue weighted by molar-refractivity contribution is -0.122. The molecule has 0 aliphatic rings. The molecule has 5 nitrogen and oxygen atoms in total. The van der Waals surface area contributed by atoms with Crippen LogP contribution in [0.3, 0.4) is 0 Å². The van der Waals surface area contributed by atoms with Gasteiger partial charge < -0.3 is 15.6 Å². The molecule has 0 aliphatic heterocycles. The molecule has 1 atom stereocenters. The highest BCUT2D eigenvalue weighted by Crippen LogP contribution is 2.11. The number of rotatable bonds is 6. The molecule has 1 aromatic rings. The molecule has 0 radical (unpaired) electrons. The van der Waals surface area contributed by atoms with Crippen molar-refractivity contribution in [3.63, 3.8) is 0 Å². The second-order valence-electron chi connectivity index (χ2n) is 4.27. The molecular formula is C12H21N3O2. The Bertz CT molecular complexity index is 354. The van der Waals surface area contributed by atoms with E-state index in [2.05, 4.69) is 17.4 Å². The topological polar surface area (TPSA) is 81.2 Å². The molecule has 0 aliphatic carbocycles. The van der Waals surface area contributed by atoms with Crippen molar-refractivity contribution in [1.82, 2.24) is 10.5 Å². The van der Waals surface area contributed by atoms with E-state index in [1.165, 1.54) is 0 Å². The summed E-state index contributed by atoms with van der Waals surface area (Å²) in [5.41, 5.74) is 7.51. The van der Waals surface area contributed by atoms with Gasteiger partial charge in [0.1, 0.15) is 5.76 Å². The van der Waals surface area contributed by atoms with E-state index in [1.807, 2.05) is 13.8 Å². The minimum Gasteiger partial charge on any atom is -0.361 e. The van der Waals surface area contributed by atoms with E-state index in [9.17, 15) is 4.79 Å². The highest BCUT2D eigenvalue weighted by molar-refractivity contribution is 5.81. The van der Waals surface area contributed by atoms with E-state index < -0.39 is 6.04 Å². The molecule has 1 unspecified atom stereocenters. The monoisotopic (exact) mass is 239 g/mol. The number of nitrogens with one attached hydrogen (secondary N) is 1. The molecule has 1 rings (SSSR count). The summed E-state index contributed by atoms with van der Waals surface area (Å²) in [5, 5.41) is 6.64. The first-order valence-electron chi connectivity index (χ1n) is 6.01. The summed E-state index contributed by atoms with van der Waals surface area (Å²) in [5.74, 6) is 0.628. The third-order valence-corrected chi connectivity index (χ3v) is 2.83. The van der Waals surface area contributed by atoms with E-state index in [0.717, 1.165) is 36.3 Å². The number of carbonyl (C=O) groups excluding carboxylic acids is 1. The van der Waals surface area contributed by atoms with Crippen molar-refractivity contribution < 1.29 is 9.32 Å². The van der Waals surface area contributed by atoms with Gasteiger partial charge in [0.15, 0.2) is 0 Å². The maximum Gasteiger partial charge on any atom is 0.237 e. The number of amides is 1. The molecule has 5 heteroatoms. The predicted molar refractivity (Wildman–Crippen MR) is 65.3 cm³/mol. The highest BCUT2D eigenvalue weighted by Gasteiger charge is 2.14. The standard InChI is InChI=1S/C12H21N3O2/c1-4-5-6-11(13)12(16)14-7-10-8(2)15-17-9(10)3/h11H,4-7,13H2,1-3H3,(H,14,16). The van der Waals surface area contributed by atoms with Crippen LogP contribution in [0.25, 0.3) is 0 Å². The summed E-state index contributed by atoms with van der Waals surface area (Å²) in [6, 6.07) is -0.421. The van der Waals surface area contributed by atoms with Crippen molar-refractivity contribution in [3.05, 3.63) is 17.0 Å². The number of carbonyl (C=O) groups is 1. The summed E-state index contributed by atoms with van der Waals surface area (Å²) >= 11 is 0. The summed E-state index contributed by atoms with van der Waals surface area (Å²) in [7, 11) is 0. The predicted octanol–water partition coefficient (Wildman–Crippen LogP) is 1.43. The molecule has 17 heavy (non-hydrogen) atoms. The smallest absolute Gasteiger partial charge is 0.237 e. The van der Waals surface area contributed by atoms with E-state index in [0.29, 0.717) is 6.54 Å². The summed E-state index contributed by atoms with van der Waals surface area (Å²) in [6.45, 7) is 6.20. The molecular weight excluding hydrogens is 218 g/mol. The lowest BCUT2D eigenvalue weighted by atomic mass is 10.1. The van der Waals surface area contributed by atoms with Crippen molar-refractivity contribution in [2.75, 3.05) is 0 Å². The minimum absolute atomic E-state index is 0.113. The Morgan fingerprint density at radius 3 is 2.76 bits per heavy atom. The molecule has 0 spiro atoms. The number of hydrogen-bond acceptors (Lipinski definition) is 4.